The van der Waals surface area contributed by atoms with Crippen molar-refractivity contribution >= 4 is 15.9 Å². The number of aryl methyl sites for hydroxylation is 1. The molecule has 3 heteroatoms. The van der Waals surface area contributed by atoms with E-state index < -0.39 is 0 Å². The molecule has 110 valence electrons. The number of halogens is 1. The second kappa shape index (κ2) is 6.71. The standard InChI is InChI=1S/C18H21BrN2/c1-2-20-17(12-13-5-3-7-15(19)11-13)16-9-8-14-6-4-10-21-18(14)16/h3-7,10-11,16-17,20H,2,8-9,12H2,1H3. The lowest BCUT2D eigenvalue weighted by Crippen LogP contribution is -2.36. The quantitative estimate of drug-likeness (QED) is 0.883. The molecule has 0 radical (unpaired) electrons. The Morgan fingerprint density at radius 2 is 2.24 bits per heavy atom. The van der Waals surface area contributed by atoms with Crippen LogP contribution in [0.1, 0.15) is 36.1 Å². The first kappa shape index (κ1) is 14.7. The summed E-state index contributed by atoms with van der Waals surface area (Å²) in [6.07, 6.45) is 5.35. The minimum Gasteiger partial charge on any atom is -0.313 e. The van der Waals surface area contributed by atoms with E-state index in [0.29, 0.717) is 12.0 Å². The van der Waals surface area contributed by atoms with Crippen LogP contribution in [0.3, 0.4) is 0 Å². The van der Waals surface area contributed by atoms with E-state index >= 15 is 0 Å². The van der Waals surface area contributed by atoms with Crippen LogP contribution < -0.4 is 5.32 Å². The smallest absolute Gasteiger partial charge is 0.0482 e. The molecule has 0 spiro atoms. The number of fused-ring (bicyclic) bond motifs is 1. The van der Waals surface area contributed by atoms with Crippen molar-refractivity contribution in [2.75, 3.05) is 6.54 Å². The Kier molecular flexibility index (Phi) is 4.71. The van der Waals surface area contributed by atoms with Crippen molar-refractivity contribution in [1.29, 1.82) is 0 Å². The summed E-state index contributed by atoms with van der Waals surface area (Å²) >= 11 is 3.57. The lowest BCUT2D eigenvalue weighted by Gasteiger charge is -2.25. The van der Waals surface area contributed by atoms with Crippen molar-refractivity contribution in [2.24, 2.45) is 0 Å². The molecule has 1 aliphatic rings. The van der Waals surface area contributed by atoms with Crippen molar-refractivity contribution < 1.29 is 0 Å². The number of benzene rings is 1. The molecule has 2 aromatic rings. The number of pyridine rings is 1. The van der Waals surface area contributed by atoms with Crippen LogP contribution in [0, 0.1) is 0 Å². The Morgan fingerprint density at radius 1 is 1.33 bits per heavy atom. The molecule has 0 bridgehead atoms. The highest BCUT2D eigenvalue weighted by Crippen LogP contribution is 2.35. The highest BCUT2D eigenvalue weighted by molar-refractivity contribution is 9.10. The maximum atomic E-state index is 4.65. The predicted molar refractivity (Wildman–Crippen MR) is 90.6 cm³/mol. The monoisotopic (exact) mass is 344 g/mol. The van der Waals surface area contributed by atoms with Crippen molar-refractivity contribution in [3.05, 3.63) is 63.9 Å². The normalized spacial score (nSPS) is 18.5. The average Bonchev–Trinajstić information content (AvgIpc) is 2.91. The first-order chi connectivity index (χ1) is 10.3. The second-order valence-electron chi connectivity index (χ2n) is 5.69. The largest absolute Gasteiger partial charge is 0.313 e. The van der Waals surface area contributed by atoms with Gasteiger partial charge in [-0.1, -0.05) is 41.1 Å². The summed E-state index contributed by atoms with van der Waals surface area (Å²) in [5, 5.41) is 3.68. The van der Waals surface area contributed by atoms with Crippen molar-refractivity contribution in [1.82, 2.24) is 10.3 Å². The number of hydrogen-bond acceptors (Lipinski definition) is 2. The first-order valence-corrected chi connectivity index (χ1v) is 8.49. The molecule has 2 nitrogen and oxygen atoms in total. The minimum atomic E-state index is 0.459. The van der Waals surface area contributed by atoms with Gasteiger partial charge in [0.05, 0.1) is 0 Å². The third-order valence-electron chi connectivity index (χ3n) is 4.30. The van der Waals surface area contributed by atoms with Crippen LogP contribution in [0.15, 0.2) is 47.1 Å². The van der Waals surface area contributed by atoms with Gasteiger partial charge in [0, 0.05) is 28.3 Å². The van der Waals surface area contributed by atoms with Gasteiger partial charge in [-0.05, 0) is 55.1 Å². The van der Waals surface area contributed by atoms with Gasteiger partial charge in [0.15, 0.2) is 0 Å². The van der Waals surface area contributed by atoms with Crippen LogP contribution in [-0.2, 0) is 12.8 Å². The van der Waals surface area contributed by atoms with Gasteiger partial charge in [-0.25, -0.2) is 0 Å². The summed E-state index contributed by atoms with van der Waals surface area (Å²) in [5.41, 5.74) is 4.11. The van der Waals surface area contributed by atoms with Crippen LogP contribution >= 0.6 is 15.9 Å². The van der Waals surface area contributed by atoms with E-state index in [1.165, 1.54) is 23.2 Å². The summed E-state index contributed by atoms with van der Waals surface area (Å²) in [4.78, 5) is 4.65. The van der Waals surface area contributed by atoms with E-state index in [4.69, 9.17) is 0 Å². The summed E-state index contributed by atoms with van der Waals surface area (Å²) in [6.45, 7) is 3.18. The molecule has 0 saturated heterocycles. The zero-order chi connectivity index (χ0) is 14.7. The first-order valence-electron chi connectivity index (χ1n) is 7.69. The molecular weight excluding hydrogens is 324 g/mol. The Hall–Kier alpha value is -1.19. The molecule has 3 rings (SSSR count). The number of rotatable bonds is 5. The Balaban J connectivity index is 1.82. The fourth-order valence-electron chi connectivity index (χ4n) is 3.37. The molecule has 1 heterocycles. The molecule has 0 fully saturated rings. The van der Waals surface area contributed by atoms with E-state index in [1.807, 2.05) is 6.20 Å². The number of aromatic nitrogens is 1. The van der Waals surface area contributed by atoms with E-state index in [1.54, 1.807) is 0 Å². The topological polar surface area (TPSA) is 24.9 Å². The zero-order valence-electron chi connectivity index (χ0n) is 12.3. The van der Waals surface area contributed by atoms with Gasteiger partial charge in [-0.3, -0.25) is 4.98 Å². The van der Waals surface area contributed by atoms with E-state index in [-0.39, 0.29) is 0 Å². The van der Waals surface area contributed by atoms with Gasteiger partial charge >= 0.3 is 0 Å². The predicted octanol–water partition coefficient (Wildman–Crippen LogP) is 4.09. The van der Waals surface area contributed by atoms with E-state index in [0.717, 1.165) is 23.9 Å². The van der Waals surface area contributed by atoms with Gasteiger partial charge in [0.2, 0.25) is 0 Å². The van der Waals surface area contributed by atoms with Crippen LogP contribution in [0.25, 0.3) is 0 Å². The number of hydrogen-bond donors (Lipinski definition) is 1. The Bertz CT molecular complexity index is 612. The molecule has 2 atom stereocenters. The molecule has 1 aromatic heterocycles. The lowest BCUT2D eigenvalue weighted by atomic mass is 9.91. The highest BCUT2D eigenvalue weighted by Gasteiger charge is 2.30. The summed E-state index contributed by atoms with van der Waals surface area (Å²) in [7, 11) is 0. The number of likely N-dealkylation sites (N-methyl/N-ethyl adjacent to an activating group) is 1. The van der Waals surface area contributed by atoms with Crippen molar-refractivity contribution in [3.8, 4) is 0 Å². The molecule has 0 aliphatic heterocycles. The minimum absolute atomic E-state index is 0.459. The lowest BCUT2D eigenvalue weighted by molar-refractivity contribution is 0.429. The van der Waals surface area contributed by atoms with Gasteiger partial charge in [0.1, 0.15) is 0 Å². The SMILES string of the molecule is CCNC(Cc1cccc(Br)c1)C1CCc2cccnc21. The van der Waals surface area contributed by atoms with Crippen LogP contribution in [0.4, 0.5) is 0 Å². The molecule has 21 heavy (non-hydrogen) atoms. The van der Waals surface area contributed by atoms with Gasteiger partial charge in [-0.15, -0.1) is 0 Å². The van der Waals surface area contributed by atoms with Gasteiger partial charge in [-0.2, -0.15) is 0 Å². The van der Waals surface area contributed by atoms with Crippen LogP contribution in [-0.4, -0.2) is 17.6 Å². The molecule has 1 aliphatic carbocycles. The van der Waals surface area contributed by atoms with Crippen LogP contribution in [0.2, 0.25) is 0 Å². The Labute approximate surface area is 135 Å². The van der Waals surface area contributed by atoms with Crippen LogP contribution in [0.5, 0.6) is 0 Å². The highest BCUT2D eigenvalue weighted by atomic mass is 79.9. The fourth-order valence-corrected chi connectivity index (χ4v) is 3.82. The summed E-state index contributed by atoms with van der Waals surface area (Å²) in [5.74, 6) is 0.528. The van der Waals surface area contributed by atoms with E-state index in [9.17, 15) is 0 Å². The van der Waals surface area contributed by atoms with Crippen molar-refractivity contribution in [2.45, 2.75) is 38.1 Å². The van der Waals surface area contributed by atoms with Gasteiger partial charge in [0.25, 0.3) is 0 Å². The molecule has 1 N–H and O–H groups in total. The average molecular weight is 345 g/mol. The number of nitrogens with one attached hydrogen (secondary N) is 1. The molecule has 0 amide bonds. The van der Waals surface area contributed by atoms with Gasteiger partial charge < -0.3 is 5.32 Å². The Morgan fingerprint density at radius 3 is 3.05 bits per heavy atom. The maximum Gasteiger partial charge on any atom is 0.0482 e. The molecule has 1 aromatic carbocycles. The van der Waals surface area contributed by atoms with E-state index in [2.05, 4.69) is 69.6 Å². The summed E-state index contributed by atoms with van der Waals surface area (Å²) in [6, 6.07) is 13.4. The molecule has 0 saturated carbocycles. The zero-order valence-corrected chi connectivity index (χ0v) is 13.9. The van der Waals surface area contributed by atoms with Crippen molar-refractivity contribution in [3.63, 3.8) is 0 Å². The second-order valence-corrected chi connectivity index (χ2v) is 6.61. The molecule has 2 unspecified atom stereocenters. The maximum absolute atomic E-state index is 4.65. The summed E-state index contributed by atoms with van der Waals surface area (Å²) < 4.78 is 1.15. The fraction of sp³-hybridized carbons (Fsp3) is 0.389. The number of nitrogens with zero attached hydrogens (tertiary/aromatic N) is 1. The molecular formula is C18H21BrN2. The third-order valence-corrected chi connectivity index (χ3v) is 4.79. The third kappa shape index (κ3) is 3.35.